The molecule has 1 atom stereocenters. The summed E-state index contributed by atoms with van der Waals surface area (Å²) in [5.41, 5.74) is 7.00. The van der Waals surface area contributed by atoms with Gasteiger partial charge in [0.15, 0.2) is 10.4 Å². The van der Waals surface area contributed by atoms with Crippen LogP contribution in [0.4, 0.5) is 5.69 Å². The zero-order valence-electron chi connectivity index (χ0n) is 12.7. The van der Waals surface area contributed by atoms with Crippen LogP contribution in [0.2, 0.25) is 0 Å². The van der Waals surface area contributed by atoms with E-state index in [1.54, 1.807) is 41.3 Å². The lowest BCUT2D eigenvalue weighted by atomic mass is 10.2. The fraction of sp³-hybridized carbons (Fsp3) is 0.250. The molecule has 2 heterocycles. The van der Waals surface area contributed by atoms with E-state index in [1.165, 1.54) is 0 Å². The molecule has 1 fully saturated rings. The molecule has 0 unspecified atom stereocenters. The molecule has 6 nitrogen and oxygen atoms in total. The summed E-state index contributed by atoms with van der Waals surface area (Å²) in [6.45, 7) is 1.27. The second-order valence-electron chi connectivity index (χ2n) is 5.44. The number of furan rings is 1. The number of nitrogens with zero attached hydrogens (tertiary/aromatic N) is 1. The Kier molecular flexibility index (Phi) is 6.04. The molecule has 0 saturated carbocycles. The molecule has 24 heavy (non-hydrogen) atoms. The van der Waals surface area contributed by atoms with Gasteiger partial charge in [-0.05, 0) is 58.7 Å². The molecule has 1 aliphatic rings. The molecule has 0 radical (unpaired) electrons. The first-order valence-corrected chi connectivity index (χ1v) is 8.04. The number of rotatable bonds is 3. The minimum atomic E-state index is -0.347. The first-order valence-electron chi connectivity index (χ1n) is 7.24. The van der Waals surface area contributed by atoms with E-state index >= 15 is 0 Å². The Balaban J connectivity index is 0.00000208. The smallest absolute Gasteiger partial charge is 0.291 e. The molecule has 1 aliphatic heterocycles. The average molecular weight is 415 g/mol. The molecule has 3 N–H and O–H groups in total. The number of hydrogen-bond donors (Lipinski definition) is 2. The van der Waals surface area contributed by atoms with Crippen molar-refractivity contribution in [3.8, 4) is 0 Å². The third-order valence-corrected chi connectivity index (χ3v) is 4.12. The summed E-state index contributed by atoms with van der Waals surface area (Å²) >= 11 is 3.15. The van der Waals surface area contributed by atoms with Crippen molar-refractivity contribution in [3.63, 3.8) is 0 Å². The van der Waals surface area contributed by atoms with Crippen LogP contribution in [0.5, 0.6) is 0 Å². The van der Waals surface area contributed by atoms with Gasteiger partial charge in [-0.1, -0.05) is 0 Å². The SMILES string of the molecule is Cl.N[C@@H]1CCN(C(=O)c2ccc(NC(=O)c3ccc(Br)o3)cc2)C1. The summed E-state index contributed by atoms with van der Waals surface area (Å²) in [4.78, 5) is 26.0. The summed E-state index contributed by atoms with van der Waals surface area (Å²) in [5.74, 6) is -0.172. The number of amides is 2. The van der Waals surface area contributed by atoms with Crippen molar-refractivity contribution in [1.82, 2.24) is 4.90 Å². The van der Waals surface area contributed by atoms with Gasteiger partial charge in [0, 0.05) is 30.4 Å². The van der Waals surface area contributed by atoms with Crippen LogP contribution in [0.25, 0.3) is 0 Å². The number of halogens is 2. The number of carbonyl (C=O) groups is 2. The first-order chi connectivity index (χ1) is 11.0. The molecule has 1 aromatic carbocycles. The topological polar surface area (TPSA) is 88.6 Å². The van der Waals surface area contributed by atoms with Gasteiger partial charge in [-0.3, -0.25) is 9.59 Å². The highest BCUT2D eigenvalue weighted by Crippen LogP contribution is 2.18. The van der Waals surface area contributed by atoms with Crippen molar-refractivity contribution in [2.24, 2.45) is 5.73 Å². The van der Waals surface area contributed by atoms with Crippen LogP contribution in [0.15, 0.2) is 45.5 Å². The van der Waals surface area contributed by atoms with Crippen LogP contribution in [-0.4, -0.2) is 35.8 Å². The van der Waals surface area contributed by atoms with Crippen LogP contribution in [0, 0.1) is 0 Å². The molecule has 3 rings (SSSR count). The molecule has 8 heteroatoms. The van der Waals surface area contributed by atoms with E-state index < -0.39 is 0 Å². The second-order valence-corrected chi connectivity index (χ2v) is 6.22. The Morgan fingerprint density at radius 3 is 2.46 bits per heavy atom. The van der Waals surface area contributed by atoms with Gasteiger partial charge < -0.3 is 20.4 Å². The number of nitrogens with one attached hydrogen (secondary N) is 1. The molecule has 1 saturated heterocycles. The predicted molar refractivity (Wildman–Crippen MR) is 96.5 cm³/mol. The first kappa shape index (κ1) is 18.5. The van der Waals surface area contributed by atoms with E-state index in [9.17, 15) is 9.59 Å². The standard InChI is InChI=1S/C16H16BrN3O3.ClH/c17-14-6-5-13(23-14)15(21)19-12-3-1-10(2-4-12)16(22)20-8-7-11(18)9-20;/h1-6,11H,7-9,18H2,(H,19,21);1H/t11-;/m1./s1. The number of carbonyl (C=O) groups excluding carboxylic acids is 2. The van der Waals surface area contributed by atoms with Crippen LogP contribution in [0.1, 0.15) is 27.3 Å². The predicted octanol–water partition coefficient (Wildman–Crippen LogP) is 2.89. The minimum absolute atomic E-state index is 0. The van der Waals surface area contributed by atoms with Gasteiger partial charge in [0.25, 0.3) is 11.8 Å². The van der Waals surface area contributed by atoms with Crippen molar-refractivity contribution in [1.29, 1.82) is 0 Å². The monoisotopic (exact) mass is 413 g/mol. The van der Waals surface area contributed by atoms with E-state index in [-0.39, 0.29) is 36.0 Å². The zero-order chi connectivity index (χ0) is 16.4. The maximum atomic E-state index is 12.3. The van der Waals surface area contributed by atoms with E-state index in [0.717, 1.165) is 6.42 Å². The number of anilines is 1. The molecule has 128 valence electrons. The second kappa shape index (κ2) is 7.83. The minimum Gasteiger partial charge on any atom is -0.444 e. The fourth-order valence-corrected chi connectivity index (χ4v) is 2.79. The lowest BCUT2D eigenvalue weighted by Gasteiger charge is -2.16. The Hall–Kier alpha value is -1.83. The molecule has 0 bridgehead atoms. The van der Waals surface area contributed by atoms with Gasteiger partial charge in [0.2, 0.25) is 0 Å². The fourth-order valence-electron chi connectivity index (χ4n) is 2.48. The summed E-state index contributed by atoms with van der Waals surface area (Å²) in [7, 11) is 0. The zero-order valence-corrected chi connectivity index (χ0v) is 15.1. The summed E-state index contributed by atoms with van der Waals surface area (Å²) < 4.78 is 5.68. The van der Waals surface area contributed by atoms with Crippen LogP contribution < -0.4 is 11.1 Å². The largest absolute Gasteiger partial charge is 0.444 e. The van der Waals surface area contributed by atoms with E-state index in [2.05, 4.69) is 21.2 Å². The normalized spacial score (nSPS) is 16.6. The van der Waals surface area contributed by atoms with Crippen molar-refractivity contribution in [2.45, 2.75) is 12.5 Å². The van der Waals surface area contributed by atoms with E-state index in [4.69, 9.17) is 10.2 Å². The van der Waals surface area contributed by atoms with E-state index in [1.807, 2.05) is 0 Å². The lowest BCUT2D eigenvalue weighted by Crippen LogP contribution is -2.31. The van der Waals surface area contributed by atoms with Gasteiger partial charge in [-0.25, -0.2) is 0 Å². The molecule has 0 aliphatic carbocycles. The van der Waals surface area contributed by atoms with E-state index in [0.29, 0.717) is 29.0 Å². The summed E-state index contributed by atoms with van der Waals surface area (Å²) in [6, 6.07) is 10.1. The number of benzene rings is 1. The molecule has 2 amide bonds. The maximum Gasteiger partial charge on any atom is 0.291 e. The molecule has 1 aromatic heterocycles. The average Bonchev–Trinajstić information content (AvgIpc) is 3.16. The molecule has 2 aromatic rings. The molecular weight excluding hydrogens is 398 g/mol. The number of hydrogen-bond acceptors (Lipinski definition) is 4. The summed E-state index contributed by atoms with van der Waals surface area (Å²) in [5, 5.41) is 2.72. The quantitative estimate of drug-likeness (QED) is 0.808. The highest BCUT2D eigenvalue weighted by Gasteiger charge is 2.24. The summed E-state index contributed by atoms with van der Waals surface area (Å²) in [6.07, 6.45) is 0.832. The van der Waals surface area contributed by atoms with Gasteiger partial charge in [-0.2, -0.15) is 0 Å². The number of nitrogens with two attached hydrogens (primary N) is 1. The van der Waals surface area contributed by atoms with Crippen molar-refractivity contribution in [2.75, 3.05) is 18.4 Å². The Labute approximate surface area is 153 Å². The van der Waals surface area contributed by atoms with Crippen LogP contribution >= 0.6 is 28.3 Å². The highest BCUT2D eigenvalue weighted by atomic mass is 79.9. The van der Waals surface area contributed by atoms with Crippen molar-refractivity contribution < 1.29 is 14.0 Å². The maximum absolute atomic E-state index is 12.3. The number of likely N-dealkylation sites (tertiary alicyclic amines) is 1. The van der Waals surface area contributed by atoms with Gasteiger partial charge in [0.1, 0.15) is 0 Å². The van der Waals surface area contributed by atoms with Crippen molar-refractivity contribution >= 4 is 45.8 Å². The van der Waals surface area contributed by atoms with Crippen LogP contribution in [-0.2, 0) is 0 Å². The highest BCUT2D eigenvalue weighted by molar-refractivity contribution is 9.10. The Bertz CT molecular complexity index is 732. The van der Waals surface area contributed by atoms with Gasteiger partial charge in [-0.15, -0.1) is 12.4 Å². The molecular formula is C16H17BrClN3O3. The third kappa shape index (κ3) is 4.17. The Morgan fingerprint density at radius 2 is 1.92 bits per heavy atom. The third-order valence-electron chi connectivity index (χ3n) is 3.70. The van der Waals surface area contributed by atoms with Gasteiger partial charge in [0.05, 0.1) is 0 Å². The Morgan fingerprint density at radius 1 is 1.21 bits per heavy atom. The van der Waals surface area contributed by atoms with Crippen LogP contribution in [0.3, 0.4) is 0 Å². The van der Waals surface area contributed by atoms with Crippen molar-refractivity contribution in [3.05, 3.63) is 52.4 Å². The van der Waals surface area contributed by atoms with Gasteiger partial charge >= 0.3 is 0 Å². The molecule has 0 spiro atoms. The lowest BCUT2D eigenvalue weighted by molar-refractivity contribution is 0.0790.